The van der Waals surface area contributed by atoms with Crippen LogP contribution in [0.25, 0.3) is 17.0 Å². The molecule has 0 spiro atoms. The van der Waals surface area contributed by atoms with Crippen LogP contribution in [0.1, 0.15) is 110 Å². The SMILES string of the molecule is CCCCCCCCCCCCOC(=O)CCC(=O)Nc1cc(-c2nc3c(Cl)c(C(C)(C)C)[nH]n3n2)ccc1N(C)C. The maximum atomic E-state index is 12.8. The highest BCUT2D eigenvalue weighted by atomic mass is 35.5. The predicted molar refractivity (Wildman–Crippen MR) is 171 cm³/mol. The van der Waals surface area contributed by atoms with Crippen molar-refractivity contribution >= 4 is 40.5 Å². The quantitative estimate of drug-likeness (QED) is 0.120. The lowest BCUT2D eigenvalue weighted by atomic mass is 9.92. The number of aromatic amines is 1. The van der Waals surface area contributed by atoms with E-state index in [9.17, 15) is 9.59 Å². The van der Waals surface area contributed by atoms with Crippen molar-refractivity contribution in [3.8, 4) is 11.4 Å². The number of H-pyrrole nitrogens is 1. The van der Waals surface area contributed by atoms with Crippen molar-refractivity contribution in [2.45, 2.75) is 110 Å². The summed E-state index contributed by atoms with van der Waals surface area (Å²) in [6.45, 7) is 8.86. The molecule has 0 aliphatic heterocycles. The van der Waals surface area contributed by atoms with Crippen molar-refractivity contribution in [2.75, 3.05) is 30.9 Å². The zero-order valence-corrected chi connectivity index (χ0v) is 27.1. The van der Waals surface area contributed by atoms with Crippen LogP contribution in [0.5, 0.6) is 0 Å². The number of hydrogen-bond donors (Lipinski definition) is 2. The summed E-state index contributed by atoms with van der Waals surface area (Å²) in [7, 11) is 3.81. The molecule has 0 fully saturated rings. The van der Waals surface area contributed by atoms with Gasteiger partial charge in [-0.15, -0.1) is 5.10 Å². The van der Waals surface area contributed by atoms with Gasteiger partial charge in [0.05, 0.1) is 30.1 Å². The summed E-state index contributed by atoms with van der Waals surface area (Å²) in [5, 5.41) is 11.3. The van der Waals surface area contributed by atoms with Crippen molar-refractivity contribution in [3.63, 3.8) is 0 Å². The number of halogens is 1. The Morgan fingerprint density at radius 1 is 1.00 bits per heavy atom. The molecule has 2 aromatic heterocycles. The summed E-state index contributed by atoms with van der Waals surface area (Å²) in [6, 6.07) is 5.65. The maximum Gasteiger partial charge on any atom is 0.306 e. The number of ether oxygens (including phenoxy) is 1. The highest BCUT2D eigenvalue weighted by Crippen LogP contribution is 2.33. The number of fused-ring (bicyclic) bond motifs is 1. The third kappa shape index (κ3) is 9.75. The lowest BCUT2D eigenvalue weighted by molar-refractivity contribution is -0.144. The number of amides is 1. The van der Waals surface area contributed by atoms with Gasteiger partial charge in [0.15, 0.2) is 11.5 Å². The van der Waals surface area contributed by atoms with E-state index in [0.717, 1.165) is 29.8 Å². The molecule has 42 heavy (non-hydrogen) atoms. The Labute approximate surface area is 255 Å². The lowest BCUT2D eigenvalue weighted by Gasteiger charge is -2.18. The van der Waals surface area contributed by atoms with E-state index < -0.39 is 0 Å². The number of carbonyl (C=O) groups is 2. The Morgan fingerprint density at radius 3 is 2.24 bits per heavy atom. The fraction of sp³-hybridized carbons (Fsp3) is 0.625. The summed E-state index contributed by atoms with van der Waals surface area (Å²) < 4.78 is 6.93. The van der Waals surface area contributed by atoms with E-state index in [-0.39, 0.29) is 30.1 Å². The molecular formula is C32H49ClN6O3. The lowest BCUT2D eigenvalue weighted by Crippen LogP contribution is -2.18. The minimum absolute atomic E-state index is 0.0442. The van der Waals surface area contributed by atoms with Crippen molar-refractivity contribution in [1.29, 1.82) is 0 Å². The summed E-state index contributed by atoms with van der Waals surface area (Å²) in [5.74, 6) is -0.111. The monoisotopic (exact) mass is 600 g/mol. The molecule has 0 aliphatic rings. The first kappa shape index (κ1) is 33.4. The number of aromatic nitrogens is 4. The second kappa shape index (κ2) is 16.0. The number of nitrogens with one attached hydrogen (secondary N) is 2. The second-order valence-corrected chi connectivity index (χ2v) is 12.7. The van der Waals surface area contributed by atoms with Crippen molar-refractivity contribution < 1.29 is 14.3 Å². The van der Waals surface area contributed by atoms with Gasteiger partial charge in [0.25, 0.3) is 0 Å². The van der Waals surface area contributed by atoms with Crippen LogP contribution in [0.15, 0.2) is 18.2 Å². The fourth-order valence-electron chi connectivity index (χ4n) is 4.86. The number of nitrogens with zero attached hydrogens (tertiary/aromatic N) is 4. The molecule has 0 radical (unpaired) electrons. The molecule has 0 saturated heterocycles. The molecule has 9 nitrogen and oxygen atoms in total. The third-order valence-electron chi connectivity index (χ3n) is 7.32. The topological polar surface area (TPSA) is 105 Å². The highest BCUT2D eigenvalue weighted by Gasteiger charge is 2.24. The molecule has 3 rings (SSSR count). The summed E-state index contributed by atoms with van der Waals surface area (Å²) in [4.78, 5) is 31.5. The third-order valence-corrected chi connectivity index (χ3v) is 7.68. The normalized spacial score (nSPS) is 11.7. The molecule has 0 aliphatic carbocycles. The Hall–Kier alpha value is -3.07. The molecule has 0 unspecified atom stereocenters. The molecule has 2 N–H and O–H groups in total. The van der Waals surface area contributed by atoms with Gasteiger partial charge in [0.2, 0.25) is 5.91 Å². The first-order valence-electron chi connectivity index (χ1n) is 15.4. The van der Waals surface area contributed by atoms with Crippen LogP contribution >= 0.6 is 11.6 Å². The van der Waals surface area contributed by atoms with Crippen LogP contribution in [0.2, 0.25) is 5.02 Å². The minimum atomic E-state index is -0.341. The van der Waals surface area contributed by atoms with Gasteiger partial charge in [-0.2, -0.15) is 4.63 Å². The molecule has 232 valence electrons. The number of benzene rings is 1. The Morgan fingerprint density at radius 2 is 1.64 bits per heavy atom. The van der Waals surface area contributed by atoms with E-state index in [2.05, 4.69) is 48.2 Å². The number of unbranched alkanes of at least 4 members (excludes halogenated alkanes) is 9. The van der Waals surface area contributed by atoms with E-state index in [4.69, 9.17) is 16.3 Å². The molecular weight excluding hydrogens is 552 g/mol. The first-order valence-corrected chi connectivity index (χ1v) is 15.8. The van der Waals surface area contributed by atoms with Crippen LogP contribution in [0, 0.1) is 0 Å². The number of esters is 1. The number of anilines is 2. The molecule has 1 aromatic carbocycles. The largest absolute Gasteiger partial charge is 0.466 e. The van der Waals surface area contributed by atoms with Gasteiger partial charge in [-0.25, -0.2) is 4.98 Å². The fourth-order valence-corrected chi connectivity index (χ4v) is 5.31. The van der Waals surface area contributed by atoms with Gasteiger partial charge in [-0.3, -0.25) is 14.7 Å². The van der Waals surface area contributed by atoms with Crippen LogP contribution in [0.4, 0.5) is 11.4 Å². The summed E-state index contributed by atoms with van der Waals surface area (Å²) in [5.41, 5.74) is 3.41. The van der Waals surface area contributed by atoms with E-state index in [1.54, 1.807) is 4.63 Å². The highest BCUT2D eigenvalue weighted by molar-refractivity contribution is 6.34. The van der Waals surface area contributed by atoms with Crippen LogP contribution in [0.3, 0.4) is 0 Å². The van der Waals surface area contributed by atoms with Gasteiger partial charge in [0, 0.05) is 31.5 Å². The maximum absolute atomic E-state index is 12.8. The van der Waals surface area contributed by atoms with Crippen LogP contribution in [-0.2, 0) is 19.7 Å². The zero-order chi connectivity index (χ0) is 30.7. The van der Waals surface area contributed by atoms with Crippen molar-refractivity contribution in [1.82, 2.24) is 19.8 Å². The first-order chi connectivity index (χ1) is 20.0. The Kier molecular flexibility index (Phi) is 12.7. The number of rotatable bonds is 17. The smallest absolute Gasteiger partial charge is 0.306 e. The van der Waals surface area contributed by atoms with Crippen molar-refractivity contribution in [3.05, 3.63) is 28.9 Å². The Bertz CT molecular complexity index is 1310. The number of carbonyl (C=O) groups excluding carboxylic acids is 2. The molecule has 10 heteroatoms. The van der Waals surface area contributed by atoms with E-state index in [1.807, 2.05) is 37.2 Å². The average Bonchev–Trinajstić information content (AvgIpc) is 3.49. The van der Waals surface area contributed by atoms with E-state index in [0.29, 0.717) is 28.8 Å². The average molecular weight is 601 g/mol. The van der Waals surface area contributed by atoms with Gasteiger partial charge < -0.3 is 15.0 Å². The van der Waals surface area contributed by atoms with E-state index in [1.165, 1.54) is 51.4 Å². The van der Waals surface area contributed by atoms with Crippen LogP contribution < -0.4 is 10.2 Å². The molecule has 1 amide bonds. The van der Waals surface area contributed by atoms with Gasteiger partial charge in [-0.05, 0) is 24.6 Å². The second-order valence-electron chi connectivity index (χ2n) is 12.3. The number of hydrogen-bond acceptors (Lipinski definition) is 6. The molecule has 3 aromatic rings. The van der Waals surface area contributed by atoms with Gasteiger partial charge in [0.1, 0.15) is 5.02 Å². The predicted octanol–water partition coefficient (Wildman–Crippen LogP) is 7.92. The van der Waals surface area contributed by atoms with Gasteiger partial charge in [-0.1, -0.05) is 97.1 Å². The van der Waals surface area contributed by atoms with E-state index >= 15 is 0 Å². The zero-order valence-electron chi connectivity index (χ0n) is 26.3. The summed E-state index contributed by atoms with van der Waals surface area (Å²) >= 11 is 6.60. The summed E-state index contributed by atoms with van der Waals surface area (Å²) in [6.07, 6.45) is 12.4. The molecule has 2 heterocycles. The van der Waals surface area contributed by atoms with Crippen LogP contribution in [-0.4, -0.2) is 52.4 Å². The standard InChI is InChI=1S/C32H49ClN6O3/c1-7-8-9-10-11-12-13-14-15-16-21-42-27(41)20-19-26(40)34-24-22-23(17-18-25(24)38(5)6)30-35-31-28(33)29(32(2,3)4)36-39(31)37-30/h17-18,22,36H,7-16,19-21H2,1-6H3,(H,34,40). The Balaban J connectivity index is 1.47. The molecule has 0 atom stereocenters. The molecule has 0 bridgehead atoms. The molecule has 0 saturated carbocycles. The van der Waals surface area contributed by atoms with Crippen molar-refractivity contribution in [2.24, 2.45) is 0 Å². The van der Waals surface area contributed by atoms with Gasteiger partial charge >= 0.3 is 5.97 Å². The minimum Gasteiger partial charge on any atom is -0.466 e.